The third-order valence-corrected chi connectivity index (χ3v) is 5.77. The zero-order valence-electron chi connectivity index (χ0n) is 15.0. The Labute approximate surface area is 165 Å². The van der Waals surface area contributed by atoms with Gasteiger partial charge >= 0.3 is 0 Å². The van der Waals surface area contributed by atoms with Gasteiger partial charge in [-0.15, -0.1) is 21.5 Å². The lowest BCUT2D eigenvalue weighted by atomic mass is 10.1. The number of ether oxygens (including phenoxy) is 1. The Bertz CT molecular complexity index is 962. The van der Waals surface area contributed by atoms with E-state index in [1.165, 1.54) is 11.8 Å². The molecule has 1 aromatic carbocycles. The number of hydrogen-bond donors (Lipinski definition) is 0. The lowest BCUT2D eigenvalue weighted by Gasteiger charge is -2.29. The van der Waals surface area contributed by atoms with Crippen molar-refractivity contribution < 1.29 is 9.53 Å². The summed E-state index contributed by atoms with van der Waals surface area (Å²) in [6.45, 7) is 3.88. The molecule has 0 aliphatic carbocycles. The summed E-state index contributed by atoms with van der Waals surface area (Å²) >= 11 is 3.05. The molecule has 0 bridgehead atoms. The predicted octanol–water partition coefficient (Wildman–Crippen LogP) is 4.55. The number of rotatable bonds is 4. The van der Waals surface area contributed by atoms with Crippen LogP contribution in [0.2, 0.25) is 0 Å². The molecular formula is C19H18N4O2S2. The van der Waals surface area contributed by atoms with Crippen LogP contribution in [0, 0.1) is 0 Å². The van der Waals surface area contributed by atoms with Gasteiger partial charge in [0.15, 0.2) is 5.69 Å². The van der Waals surface area contributed by atoms with Crippen LogP contribution in [-0.2, 0) is 4.79 Å². The first-order valence-corrected chi connectivity index (χ1v) is 10.6. The van der Waals surface area contributed by atoms with Gasteiger partial charge in [0.1, 0.15) is 0 Å². The quantitative estimate of drug-likeness (QED) is 0.601. The van der Waals surface area contributed by atoms with Crippen molar-refractivity contribution in [3.8, 4) is 17.1 Å². The maximum Gasteiger partial charge on any atom is 0.247 e. The van der Waals surface area contributed by atoms with E-state index >= 15 is 0 Å². The topological polar surface area (TPSA) is 68.2 Å². The summed E-state index contributed by atoms with van der Waals surface area (Å²) in [6, 6.07) is 11.6. The molecule has 3 aromatic rings. The Morgan fingerprint density at radius 2 is 2.07 bits per heavy atom. The van der Waals surface area contributed by atoms with E-state index in [4.69, 9.17) is 4.74 Å². The third-order valence-electron chi connectivity index (χ3n) is 4.14. The van der Waals surface area contributed by atoms with Gasteiger partial charge in [0, 0.05) is 12.0 Å². The van der Waals surface area contributed by atoms with E-state index in [9.17, 15) is 4.79 Å². The Kier molecular flexibility index (Phi) is 5.09. The van der Waals surface area contributed by atoms with Gasteiger partial charge in [-0.05, 0) is 23.3 Å². The molecule has 1 aliphatic heterocycles. The molecule has 2 aromatic heterocycles. The number of thiophene rings is 1. The van der Waals surface area contributed by atoms with Crippen LogP contribution in [0.5, 0.6) is 5.88 Å². The maximum atomic E-state index is 12.9. The highest BCUT2D eigenvalue weighted by Crippen LogP contribution is 2.44. The second kappa shape index (κ2) is 7.66. The molecule has 1 atom stereocenters. The van der Waals surface area contributed by atoms with Gasteiger partial charge in [0.25, 0.3) is 0 Å². The number of nitrogens with zero attached hydrogens (tertiary/aromatic N) is 4. The van der Waals surface area contributed by atoms with Gasteiger partial charge in [0.2, 0.25) is 23.2 Å². The number of hydrogen-bond acceptors (Lipinski definition) is 7. The molecular weight excluding hydrogens is 380 g/mol. The van der Waals surface area contributed by atoms with Crippen LogP contribution in [0.1, 0.15) is 31.4 Å². The largest absolute Gasteiger partial charge is 0.446 e. The van der Waals surface area contributed by atoms with Crippen molar-refractivity contribution in [3.63, 3.8) is 0 Å². The normalized spacial score (nSPS) is 15.5. The van der Waals surface area contributed by atoms with Crippen LogP contribution in [-0.4, -0.2) is 26.8 Å². The lowest BCUT2D eigenvalue weighted by molar-refractivity contribution is -0.120. The number of anilines is 1. The lowest BCUT2D eigenvalue weighted by Crippen LogP contribution is -2.36. The summed E-state index contributed by atoms with van der Waals surface area (Å²) in [4.78, 5) is 20.1. The third kappa shape index (κ3) is 3.30. The first-order chi connectivity index (χ1) is 13.2. The SMILES string of the molecule is CCSc1nnc2c(n1)O[C@H](c1cccs1)N(C(=O)CC)c1ccccc1-2. The molecule has 6 nitrogen and oxygen atoms in total. The molecule has 0 radical (unpaired) electrons. The summed E-state index contributed by atoms with van der Waals surface area (Å²) in [6.07, 6.45) is -0.220. The van der Waals surface area contributed by atoms with E-state index in [1.54, 1.807) is 16.2 Å². The number of fused-ring (bicyclic) bond motifs is 3. The standard InChI is InChI=1S/C19H18N4O2S2/c1-3-15(24)23-13-9-6-5-8-12(13)16-17(20-19(22-21-16)26-4-2)25-18(23)14-10-7-11-27-14/h5-11,18H,3-4H2,1-2H3/t18-/m1/s1. The molecule has 0 fully saturated rings. The molecule has 1 amide bonds. The van der Waals surface area contributed by atoms with Crippen molar-refractivity contribution in [3.05, 3.63) is 46.7 Å². The van der Waals surface area contributed by atoms with Gasteiger partial charge in [-0.2, -0.15) is 4.98 Å². The fourth-order valence-electron chi connectivity index (χ4n) is 2.96. The van der Waals surface area contributed by atoms with Crippen LogP contribution in [0.3, 0.4) is 0 Å². The Balaban J connectivity index is 1.94. The number of carbonyl (C=O) groups is 1. The number of amides is 1. The Morgan fingerprint density at radius 1 is 1.22 bits per heavy atom. The summed E-state index contributed by atoms with van der Waals surface area (Å²) in [7, 11) is 0. The number of benzene rings is 1. The van der Waals surface area contributed by atoms with Gasteiger partial charge in [-0.25, -0.2) is 0 Å². The zero-order valence-corrected chi connectivity index (χ0v) is 16.6. The van der Waals surface area contributed by atoms with E-state index < -0.39 is 6.23 Å². The molecule has 138 valence electrons. The highest BCUT2D eigenvalue weighted by atomic mass is 32.2. The Hall–Kier alpha value is -2.45. The molecule has 0 unspecified atom stereocenters. The molecule has 0 saturated carbocycles. The molecule has 0 spiro atoms. The zero-order chi connectivity index (χ0) is 18.8. The number of aromatic nitrogens is 3. The Morgan fingerprint density at radius 3 is 2.81 bits per heavy atom. The molecule has 8 heteroatoms. The van der Waals surface area contributed by atoms with E-state index in [-0.39, 0.29) is 5.91 Å². The first kappa shape index (κ1) is 17.9. The van der Waals surface area contributed by atoms with Gasteiger partial charge in [-0.1, -0.05) is 49.9 Å². The van der Waals surface area contributed by atoms with E-state index in [1.807, 2.05) is 55.6 Å². The van der Waals surface area contributed by atoms with Crippen molar-refractivity contribution in [2.75, 3.05) is 10.7 Å². The minimum Gasteiger partial charge on any atom is -0.446 e. The highest BCUT2D eigenvalue weighted by Gasteiger charge is 2.35. The number of thioether (sulfide) groups is 1. The van der Waals surface area contributed by atoms with Crippen LogP contribution >= 0.6 is 23.1 Å². The van der Waals surface area contributed by atoms with Crippen molar-refractivity contribution in [1.29, 1.82) is 0 Å². The highest BCUT2D eigenvalue weighted by molar-refractivity contribution is 7.99. The van der Waals surface area contributed by atoms with E-state index in [0.717, 1.165) is 21.9 Å². The van der Waals surface area contributed by atoms with Crippen molar-refractivity contribution in [2.24, 2.45) is 0 Å². The van der Waals surface area contributed by atoms with Crippen LogP contribution in [0.25, 0.3) is 11.3 Å². The van der Waals surface area contributed by atoms with Gasteiger partial charge in [0.05, 0.1) is 10.6 Å². The van der Waals surface area contributed by atoms with Crippen LogP contribution in [0.4, 0.5) is 5.69 Å². The van der Waals surface area contributed by atoms with E-state index in [0.29, 0.717) is 23.2 Å². The van der Waals surface area contributed by atoms with Crippen molar-refractivity contribution in [1.82, 2.24) is 15.2 Å². The van der Waals surface area contributed by atoms with E-state index in [2.05, 4.69) is 15.2 Å². The van der Waals surface area contributed by atoms with Gasteiger partial charge < -0.3 is 4.74 Å². The molecule has 27 heavy (non-hydrogen) atoms. The summed E-state index contributed by atoms with van der Waals surface area (Å²) in [5, 5.41) is 11.1. The average molecular weight is 399 g/mol. The van der Waals surface area contributed by atoms with Crippen LogP contribution in [0.15, 0.2) is 46.9 Å². The average Bonchev–Trinajstić information content (AvgIpc) is 3.18. The monoisotopic (exact) mass is 398 g/mol. The minimum atomic E-state index is -0.587. The van der Waals surface area contributed by atoms with Crippen LogP contribution < -0.4 is 9.64 Å². The fraction of sp³-hybridized carbons (Fsp3) is 0.263. The molecule has 0 N–H and O–H groups in total. The molecule has 0 saturated heterocycles. The predicted molar refractivity (Wildman–Crippen MR) is 107 cm³/mol. The van der Waals surface area contributed by atoms with Crippen molar-refractivity contribution >= 4 is 34.7 Å². The maximum absolute atomic E-state index is 12.9. The minimum absolute atomic E-state index is 0.0234. The smallest absolute Gasteiger partial charge is 0.247 e. The molecule has 4 rings (SSSR count). The van der Waals surface area contributed by atoms with Gasteiger partial charge in [-0.3, -0.25) is 9.69 Å². The first-order valence-electron chi connectivity index (χ1n) is 8.72. The molecule has 1 aliphatic rings. The fourth-order valence-corrected chi connectivity index (χ4v) is 4.21. The summed E-state index contributed by atoms with van der Waals surface area (Å²) < 4.78 is 6.29. The summed E-state index contributed by atoms with van der Waals surface area (Å²) in [5.74, 6) is 1.22. The molecule has 3 heterocycles. The second-order valence-corrected chi connectivity index (χ2v) is 8.01. The summed E-state index contributed by atoms with van der Waals surface area (Å²) in [5.41, 5.74) is 2.11. The number of carbonyl (C=O) groups excluding carboxylic acids is 1. The van der Waals surface area contributed by atoms with Crippen molar-refractivity contribution in [2.45, 2.75) is 31.7 Å². The number of para-hydroxylation sites is 1. The second-order valence-electron chi connectivity index (χ2n) is 5.80.